The maximum absolute atomic E-state index is 12.3. The molecule has 0 radical (unpaired) electrons. The van der Waals surface area contributed by atoms with Crippen molar-refractivity contribution in [1.82, 2.24) is 4.90 Å². The average Bonchev–Trinajstić information content (AvgIpc) is 2.29. The molecule has 4 nitrogen and oxygen atoms in total. The Kier molecular flexibility index (Phi) is 6.12. The molecule has 104 valence electrons. The molecule has 0 rings (SSSR count). The zero-order valence-corrected chi connectivity index (χ0v) is 10.4. The molecular formula is C11H17F3N2O2. The summed E-state index contributed by atoms with van der Waals surface area (Å²) in [7, 11) is 0. The summed E-state index contributed by atoms with van der Waals surface area (Å²) < 4.78 is 37.0. The minimum Gasteiger partial charge on any atom is -0.395 e. The lowest BCUT2D eigenvalue weighted by Gasteiger charge is -2.31. The summed E-state index contributed by atoms with van der Waals surface area (Å²) in [6, 6.07) is 1.80. The van der Waals surface area contributed by atoms with E-state index in [9.17, 15) is 18.0 Å². The number of aliphatic hydroxyl groups is 1. The van der Waals surface area contributed by atoms with E-state index in [1.807, 2.05) is 0 Å². The molecule has 0 saturated heterocycles. The number of hydrogen-bond acceptors (Lipinski definition) is 3. The third kappa shape index (κ3) is 4.18. The summed E-state index contributed by atoms with van der Waals surface area (Å²) in [6.45, 7) is 0.707. The first-order valence-corrected chi connectivity index (χ1v) is 5.64. The quantitative estimate of drug-likeness (QED) is 0.795. The monoisotopic (exact) mass is 266 g/mol. The van der Waals surface area contributed by atoms with E-state index >= 15 is 0 Å². The first-order valence-electron chi connectivity index (χ1n) is 5.64. The molecule has 0 aliphatic rings. The summed E-state index contributed by atoms with van der Waals surface area (Å²) >= 11 is 0. The van der Waals surface area contributed by atoms with Crippen molar-refractivity contribution in [3.63, 3.8) is 0 Å². The van der Waals surface area contributed by atoms with Gasteiger partial charge in [-0.1, -0.05) is 13.8 Å². The van der Waals surface area contributed by atoms with Gasteiger partial charge in [-0.15, -0.1) is 0 Å². The van der Waals surface area contributed by atoms with Crippen molar-refractivity contribution < 1.29 is 23.1 Å². The van der Waals surface area contributed by atoms with Crippen LogP contribution in [0.1, 0.15) is 26.7 Å². The molecule has 0 unspecified atom stereocenters. The van der Waals surface area contributed by atoms with E-state index in [0.717, 1.165) is 0 Å². The van der Waals surface area contributed by atoms with E-state index in [1.54, 1.807) is 19.9 Å². The smallest absolute Gasteiger partial charge is 0.395 e. The molecule has 0 fully saturated rings. The predicted molar refractivity (Wildman–Crippen MR) is 58.3 cm³/mol. The molecule has 1 N–H and O–H groups in total. The van der Waals surface area contributed by atoms with Crippen LogP contribution in [-0.2, 0) is 4.79 Å². The van der Waals surface area contributed by atoms with Crippen LogP contribution in [0.25, 0.3) is 0 Å². The summed E-state index contributed by atoms with van der Waals surface area (Å²) in [4.78, 5) is 12.5. The number of aliphatic hydroxyl groups excluding tert-OH is 1. The normalized spacial score (nSPS) is 12.1. The van der Waals surface area contributed by atoms with Gasteiger partial charge in [0.15, 0.2) is 0 Å². The molecule has 0 aromatic rings. The average molecular weight is 266 g/mol. The predicted octanol–water partition coefficient (Wildman–Crippen LogP) is 1.70. The number of carbonyl (C=O) groups excluding carboxylic acids is 1. The molecule has 0 heterocycles. The molecule has 0 aliphatic heterocycles. The molecule has 0 aromatic heterocycles. The van der Waals surface area contributed by atoms with Crippen LogP contribution in [0.15, 0.2) is 0 Å². The Morgan fingerprint density at radius 2 is 1.83 bits per heavy atom. The molecule has 0 aromatic carbocycles. The minimum absolute atomic E-state index is 0.138. The summed E-state index contributed by atoms with van der Waals surface area (Å²) in [5, 5.41) is 17.7. The third-order valence-electron chi connectivity index (χ3n) is 2.86. The van der Waals surface area contributed by atoms with Crippen molar-refractivity contribution in [3.8, 4) is 6.07 Å². The second-order valence-electron chi connectivity index (χ2n) is 3.97. The Labute approximate surface area is 104 Å². The Hall–Kier alpha value is -1.29. The maximum Gasteiger partial charge on any atom is 0.406 e. The molecule has 1 amide bonds. The fourth-order valence-electron chi connectivity index (χ4n) is 1.65. The molecule has 0 atom stereocenters. The van der Waals surface area contributed by atoms with Crippen LogP contribution in [-0.4, -0.2) is 41.8 Å². The van der Waals surface area contributed by atoms with Gasteiger partial charge >= 0.3 is 6.18 Å². The molecular weight excluding hydrogens is 249 g/mol. The van der Waals surface area contributed by atoms with Gasteiger partial charge < -0.3 is 10.0 Å². The number of carbonyl (C=O) groups is 1. The standard InChI is InChI=1S/C11H17F3N2O2/c1-3-10(4-2,7-15)9(18)16(5-6-17)8-11(12,13)14/h17H,3-6,8H2,1-2H3. The first kappa shape index (κ1) is 16.7. The maximum atomic E-state index is 12.3. The van der Waals surface area contributed by atoms with E-state index < -0.39 is 37.2 Å². The van der Waals surface area contributed by atoms with Gasteiger partial charge in [0.1, 0.15) is 12.0 Å². The first-order chi connectivity index (χ1) is 8.26. The fourth-order valence-corrected chi connectivity index (χ4v) is 1.65. The van der Waals surface area contributed by atoms with Gasteiger partial charge in [-0.3, -0.25) is 4.79 Å². The highest BCUT2D eigenvalue weighted by atomic mass is 19.4. The van der Waals surface area contributed by atoms with Crippen molar-refractivity contribution in [3.05, 3.63) is 0 Å². The highest BCUT2D eigenvalue weighted by Gasteiger charge is 2.42. The zero-order chi connectivity index (χ0) is 14.4. The lowest BCUT2D eigenvalue weighted by atomic mass is 9.82. The van der Waals surface area contributed by atoms with Crippen LogP contribution in [0.5, 0.6) is 0 Å². The van der Waals surface area contributed by atoms with Crippen LogP contribution in [0.2, 0.25) is 0 Å². The van der Waals surface area contributed by atoms with Crippen molar-refractivity contribution in [2.45, 2.75) is 32.9 Å². The van der Waals surface area contributed by atoms with E-state index in [-0.39, 0.29) is 12.8 Å². The van der Waals surface area contributed by atoms with E-state index in [2.05, 4.69) is 0 Å². The number of hydrogen-bond donors (Lipinski definition) is 1. The van der Waals surface area contributed by atoms with Crippen molar-refractivity contribution >= 4 is 5.91 Å². The van der Waals surface area contributed by atoms with Crippen LogP contribution < -0.4 is 0 Å². The number of amides is 1. The number of alkyl halides is 3. The molecule has 0 bridgehead atoms. The molecule has 0 saturated carbocycles. The van der Waals surface area contributed by atoms with Crippen LogP contribution in [0.4, 0.5) is 13.2 Å². The summed E-state index contributed by atoms with van der Waals surface area (Å²) in [5.41, 5.74) is -1.44. The highest BCUT2D eigenvalue weighted by molar-refractivity contribution is 5.85. The molecule has 7 heteroatoms. The summed E-state index contributed by atoms with van der Waals surface area (Å²) in [5.74, 6) is -0.874. The minimum atomic E-state index is -4.55. The van der Waals surface area contributed by atoms with Crippen molar-refractivity contribution in [2.75, 3.05) is 19.7 Å². The van der Waals surface area contributed by atoms with Gasteiger partial charge in [0.05, 0.1) is 12.7 Å². The Balaban J connectivity index is 5.13. The molecule has 18 heavy (non-hydrogen) atoms. The van der Waals surface area contributed by atoms with Gasteiger partial charge in [0.25, 0.3) is 0 Å². The lowest BCUT2D eigenvalue weighted by molar-refractivity contribution is -0.167. The van der Waals surface area contributed by atoms with E-state index in [4.69, 9.17) is 10.4 Å². The van der Waals surface area contributed by atoms with Crippen LogP contribution >= 0.6 is 0 Å². The van der Waals surface area contributed by atoms with Crippen molar-refractivity contribution in [2.24, 2.45) is 5.41 Å². The molecule has 0 aliphatic carbocycles. The lowest BCUT2D eigenvalue weighted by Crippen LogP contribution is -2.48. The third-order valence-corrected chi connectivity index (χ3v) is 2.86. The summed E-state index contributed by atoms with van der Waals surface area (Å²) in [6.07, 6.45) is -4.27. The highest BCUT2D eigenvalue weighted by Crippen LogP contribution is 2.29. The largest absolute Gasteiger partial charge is 0.406 e. The van der Waals surface area contributed by atoms with Gasteiger partial charge in [-0.25, -0.2) is 0 Å². The number of rotatable bonds is 6. The van der Waals surface area contributed by atoms with Gasteiger partial charge in [0.2, 0.25) is 5.91 Å². The number of nitriles is 1. The second kappa shape index (κ2) is 6.59. The van der Waals surface area contributed by atoms with Crippen LogP contribution in [0, 0.1) is 16.7 Å². The van der Waals surface area contributed by atoms with E-state index in [0.29, 0.717) is 4.90 Å². The SMILES string of the molecule is CCC(C#N)(CC)C(=O)N(CCO)CC(F)(F)F. The molecule has 0 spiro atoms. The fraction of sp³-hybridized carbons (Fsp3) is 0.818. The number of nitrogens with zero attached hydrogens (tertiary/aromatic N) is 2. The number of halogens is 3. The zero-order valence-electron chi connectivity index (χ0n) is 10.4. The van der Waals surface area contributed by atoms with Gasteiger partial charge in [0, 0.05) is 6.54 Å². The van der Waals surface area contributed by atoms with E-state index in [1.165, 1.54) is 0 Å². The van der Waals surface area contributed by atoms with Crippen molar-refractivity contribution in [1.29, 1.82) is 5.26 Å². The Morgan fingerprint density at radius 1 is 1.33 bits per heavy atom. The van der Waals surface area contributed by atoms with Crippen LogP contribution in [0.3, 0.4) is 0 Å². The Morgan fingerprint density at radius 3 is 2.11 bits per heavy atom. The topological polar surface area (TPSA) is 64.3 Å². The van der Waals surface area contributed by atoms with Gasteiger partial charge in [-0.2, -0.15) is 18.4 Å². The second-order valence-corrected chi connectivity index (χ2v) is 3.97. The Bertz CT molecular complexity index is 319. The van der Waals surface area contributed by atoms with Gasteiger partial charge in [-0.05, 0) is 12.8 Å².